The second-order valence-corrected chi connectivity index (χ2v) is 18.8. The summed E-state index contributed by atoms with van der Waals surface area (Å²) >= 11 is 6.72. The molecule has 2 aliphatic rings. The maximum Gasteiger partial charge on any atom is 0.435 e. The number of aliphatic hydroxyl groups excluding tert-OH is 1. The van der Waals surface area contributed by atoms with Crippen LogP contribution >= 0.6 is 11.6 Å². The molecule has 2 aromatic carbocycles. The van der Waals surface area contributed by atoms with Gasteiger partial charge >= 0.3 is 6.18 Å². The fourth-order valence-corrected chi connectivity index (χ4v) is 9.36. The number of imidazole rings is 1. The smallest absolute Gasteiger partial charge is 0.374 e. The number of carbonyl (C=O) groups is 1. The van der Waals surface area contributed by atoms with E-state index >= 15 is 8.78 Å². The summed E-state index contributed by atoms with van der Waals surface area (Å²) in [4.78, 5) is 23.1. The molecule has 0 amide bonds. The molecule has 61 heavy (non-hydrogen) atoms. The normalized spacial score (nSPS) is 18.6. The fourth-order valence-electron chi connectivity index (χ4n) is 8.32. The third kappa shape index (κ3) is 8.18. The molecular weight excluding hydrogens is 851 g/mol. The van der Waals surface area contributed by atoms with E-state index in [1.54, 1.807) is 43.1 Å². The molecule has 6 aromatic rings. The third-order valence-corrected chi connectivity index (χ3v) is 12.0. The Balaban J connectivity index is 1.28. The molecule has 0 spiro atoms. The molecule has 1 saturated carbocycles. The highest BCUT2D eigenvalue weighted by Gasteiger charge is 2.68. The van der Waals surface area contributed by atoms with Crippen LogP contribution in [0.4, 0.5) is 30.7 Å². The number of hydrogen-bond donors (Lipinski definition) is 1. The van der Waals surface area contributed by atoms with Crippen molar-refractivity contribution >= 4 is 43.7 Å². The highest BCUT2D eigenvalue weighted by molar-refractivity contribution is 7.98. The number of halogens is 8. The predicted octanol–water partition coefficient (Wildman–Crippen LogP) is 7.64. The van der Waals surface area contributed by atoms with Crippen LogP contribution in [-0.2, 0) is 59.2 Å². The molecule has 318 valence electrons. The van der Waals surface area contributed by atoms with Crippen molar-refractivity contribution < 1.29 is 44.8 Å². The van der Waals surface area contributed by atoms with E-state index in [4.69, 9.17) is 16.6 Å². The lowest BCUT2D eigenvalue weighted by atomic mass is 9.86. The van der Waals surface area contributed by atoms with Crippen LogP contribution < -0.4 is 0 Å². The maximum atomic E-state index is 15.5. The van der Waals surface area contributed by atoms with Gasteiger partial charge in [0.1, 0.15) is 29.6 Å². The molecule has 5 atom stereocenters. The van der Waals surface area contributed by atoms with Crippen LogP contribution in [-0.4, -0.2) is 61.3 Å². The van der Waals surface area contributed by atoms with Crippen molar-refractivity contribution in [3.8, 4) is 23.0 Å². The van der Waals surface area contributed by atoms with Gasteiger partial charge in [0.25, 0.3) is 5.92 Å². The van der Waals surface area contributed by atoms with Crippen LogP contribution in [0.1, 0.15) is 76.1 Å². The largest absolute Gasteiger partial charge is 0.435 e. The first-order chi connectivity index (χ1) is 28.6. The van der Waals surface area contributed by atoms with Gasteiger partial charge in [0.2, 0.25) is 0 Å². The van der Waals surface area contributed by atoms with E-state index in [2.05, 4.69) is 32.9 Å². The number of fused-ring (bicyclic) bond motifs is 4. The van der Waals surface area contributed by atoms with Crippen molar-refractivity contribution in [2.24, 2.45) is 20.0 Å². The number of carbonyl (C=O) groups excluding carboxylic acids is 1. The van der Waals surface area contributed by atoms with Gasteiger partial charge < -0.3 is 9.67 Å². The van der Waals surface area contributed by atoms with Gasteiger partial charge in [0.05, 0.1) is 39.7 Å². The first-order valence-corrected chi connectivity index (χ1v) is 21.4. The minimum atomic E-state index is -5.06. The molecule has 1 N–H and O–H groups in total. The molecule has 1 fully saturated rings. The van der Waals surface area contributed by atoms with Crippen LogP contribution in [0, 0.1) is 29.4 Å². The Bertz CT molecular complexity index is 2930. The number of aliphatic hydroxyl groups is 1. The lowest BCUT2D eigenvalue weighted by molar-refractivity contribution is -0.142. The van der Waals surface area contributed by atoms with Gasteiger partial charge in [0, 0.05) is 72.9 Å². The lowest BCUT2D eigenvalue weighted by Gasteiger charge is -2.21. The van der Waals surface area contributed by atoms with Gasteiger partial charge in [-0.15, -0.1) is 0 Å². The molecule has 0 bridgehead atoms. The van der Waals surface area contributed by atoms with Crippen LogP contribution in [0.3, 0.4) is 0 Å². The summed E-state index contributed by atoms with van der Waals surface area (Å²) in [6, 6.07) is 9.13. The number of aromatic nitrogens is 7. The van der Waals surface area contributed by atoms with Gasteiger partial charge in [0.15, 0.2) is 17.6 Å². The SMILES string of the molecule is C=S(C)(=O)Cc1nn(C)c2c(-c3ccc(C#C[C@H](O)c4cn(C)cn4)nc3[C@@H](CC(=O)Cn3nc(C(F)(F)F)c4c3C(F)(F)[C@@H]3C[C@H]43)Cc3cc(F)cc(F)c3)ccc(Cl)c12. The Morgan fingerprint density at radius 3 is 2.46 bits per heavy atom. The van der Waals surface area contributed by atoms with E-state index in [1.807, 2.05) is 0 Å². The van der Waals surface area contributed by atoms with Gasteiger partial charge in [-0.25, -0.2) is 18.7 Å². The first kappa shape index (κ1) is 42.2. The van der Waals surface area contributed by atoms with Crippen LogP contribution in [0.5, 0.6) is 0 Å². The second-order valence-electron chi connectivity index (χ2n) is 15.7. The third-order valence-electron chi connectivity index (χ3n) is 10.8. The Kier molecular flexibility index (Phi) is 10.5. The summed E-state index contributed by atoms with van der Waals surface area (Å²) in [5.41, 5.74) is -0.866. The topological polar surface area (TPSA) is 121 Å². The standard InChI is InChI=1S/C42H35ClF7N7O3S/c1-55-18-32(51-20-55)34(59)10-6-25-5-7-27(28-8-9-31(43)36-33(19-61(3,4)60)53-56(2)38(28)36)37(52-25)22(11-21-12-23(44)15-24(45)13-21)14-26(58)17-57-40-35(39(54-57)42(48,49)50)29-16-30(29)41(40,46)47/h5,7-9,12-13,15,18,20,22,29-30,34,59H,3,11,14,16-17,19H2,1-2,4H3/t22-,29+,30-,34+,61?/m1/s1. The number of alkyl halides is 5. The number of hydrogen-bond acceptors (Lipinski definition) is 7. The molecular formula is C42H35ClF7N7O3S. The Morgan fingerprint density at radius 2 is 1.80 bits per heavy atom. The van der Waals surface area contributed by atoms with Crippen molar-refractivity contribution in [2.75, 3.05) is 6.26 Å². The van der Waals surface area contributed by atoms with Crippen LogP contribution in [0.2, 0.25) is 5.02 Å². The molecule has 8 rings (SSSR count). The number of aryl methyl sites for hydroxylation is 2. The van der Waals surface area contributed by atoms with Gasteiger partial charge in [-0.05, 0) is 76.0 Å². The Morgan fingerprint density at radius 1 is 1.10 bits per heavy atom. The molecule has 0 radical (unpaired) electrons. The van der Waals surface area contributed by atoms with Crippen molar-refractivity contribution in [3.63, 3.8) is 0 Å². The number of ketones is 1. The number of rotatable bonds is 11. The van der Waals surface area contributed by atoms with E-state index in [-0.39, 0.29) is 46.3 Å². The summed E-state index contributed by atoms with van der Waals surface area (Å²) < 4.78 is 119. The van der Waals surface area contributed by atoms with E-state index in [9.17, 15) is 36.1 Å². The molecule has 0 saturated heterocycles. The number of benzene rings is 2. The van der Waals surface area contributed by atoms with Gasteiger partial charge in [-0.3, -0.25) is 18.4 Å². The zero-order valence-corrected chi connectivity index (χ0v) is 34.1. The predicted molar refractivity (Wildman–Crippen MR) is 213 cm³/mol. The molecule has 2 aliphatic carbocycles. The van der Waals surface area contributed by atoms with Crippen LogP contribution in [0.15, 0.2) is 55.0 Å². The minimum Gasteiger partial charge on any atom is -0.374 e. The number of Topliss-reactive ketones (excluding diaryl/α,β-unsaturated/α-hetero) is 1. The fraction of sp³-hybridized carbons (Fsp3) is 0.333. The summed E-state index contributed by atoms with van der Waals surface area (Å²) in [5, 5.41) is 19.6. The molecule has 10 nitrogen and oxygen atoms in total. The highest BCUT2D eigenvalue weighted by Crippen LogP contribution is 2.68. The van der Waals surface area contributed by atoms with Crippen molar-refractivity contribution in [1.29, 1.82) is 0 Å². The molecule has 19 heteroatoms. The van der Waals surface area contributed by atoms with Crippen LogP contribution in [0.25, 0.3) is 22.0 Å². The summed E-state index contributed by atoms with van der Waals surface area (Å²) in [6.07, 6.45) is -2.88. The first-order valence-electron chi connectivity index (χ1n) is 18.7. The lowest BCUT2D eigenvalue weighted by Crippen LogP contribution is -2.24. The molecule has 0 aliphatic heterocycles. The van der Waals surface area contributed by atoms with Gasteiger partial charge in [-0.2, -0.15) is 32.1 Å². The summed E-state index contributed by atoms with van der Waals surface area (Å²) in [6.45, 7) is -0.968. The Labute approximate surface area is 349 Å². The monoisotopic (exact) mass is 885 g/mol. The number of nitrogens with zero attached hydrogens (tertiary/aromatic N) is 7. The average Bonchev–Trinajstić information content (AvgIpc) is 3.37. The van der Waals surface area contributed by atoms with Crippen molar-refractivity contribution in [1.82, 2.24) is 34.1 Å². The second kappa shape index (κ2) is 15.1. The molecule has 4 heterocycles. The van der Waals surface area contributed by atoms with Crippen molar-refractivity contribution in [2.45, 2.75) is 61.6 Å². The zero-order valence-electron chi connectivity index (χ0n) is 32.6. The van der Waals surface area contributed by atoms with Gasteiger partial charge in [-0.1, -0.05) is 23.6 Å². The van der Waals surface area contributed by atoms with Crippen molar-refractivity contribution in [3.05, 3.63) is 117 Å². The quantitative estimate of drug-likeness (QED) is 0.0807. The van der Waals surface area contributed by atoms with E-state index in [1.165, 1.54) is 23.3 Å². The number of pyridine rings is 1. The molecule has 4 aromatic heterocycles. The molecule has 1 unspecified atom stereocenters. The summed E-state index contributed by atoms with van der Waals surface area (Å²) in [7, 11) is 0.724. The average molecular weight is 886 g/mol. The van der Waals surface area contributed by atoms with E-state index in [0.29, 0.717) is 38.5 Å². The minimum absolute atomic E-state index is 0.0261. The highest BCUT2D eigenvalue weighted by atomic mass is 35.5. The summed E-state index contributed by atoms with van der Waals surface area (Å²) in [5.74, 6) is -0.623. The zero-order chi connectivity index (χ0) is 43.9. The maximum absolute atomic E-state index is 15.5. The van der Waals surface area contributed by atoms with E-state index < -0.39 is 92.8 Å². The Hall–Kier alpha value is -5.51. The van der Waals surface area contributed by atoms with E-state index in [0.717, 1.165) is 12.1 Å².